The van der Waals surface area contributed by atoms with Crippen molar-refractivity contribution in [2.24, 2.45) is 0 Å². The van der Waals surface area contributed by atoms with Crippen LogP contribution in [-0.4, -0.2) is 10.9 Å². The maximum atomic E-state index is 12.9. The first-order chi connectivity index (χ1) is 8.56. The third-order valence-electron chi connectivity index (χ3n) is 2.13. The van der Waals surface area contributed by atoms with Crippen LogP contribution in [0.3, 0.4) is 0 Å². The molecule has 0 saturated carbocycles. The number of rotatable bonds is 2. The molecule has 0 saturated heterocycles. The van der Waals surface area contributed by atoms with Crippen LogP contribution >= 0.6 is 34.2 Å². The smallest absolute Gasteiger partial charge is 0.274 e. The highest BCUT2D eigenvalue weighted by molar-refractivity contribution is 14.1. The third kappa shape index (κ3) is 3.17. The van der Waals surface area contributed by atoms with E-state index in [2.05, 4.69) is 32.9 Å². The fourth-order valence-corrected chi connectivity index (χ4v) is 2.21. The average molecular weight is 377 g/mol. The number of hydrogen-bond donors (Lipinski definition) is 1. The lowest BCUT2D eigenvalue weighted by Crippen LogP contribution is -2.14. The Bertz CT molecular complexity index is 606. The molecule has 0 aliphatic rings. The molecule has 1 aromatic carbocycles. The Kier molecular flexibility index (Phi) is 4.13. The van der Waals surface area contributed by atoms with E-state index in [0.29, 0.717) is 10.7 Å². The largest absolute Gasteiger partial charge is 0.319 e. The van der Waals surface area contributed by atoms with Crippen LogP contribution in [0.1, 0.15) is 10.5 Å². The highest BCUT2D eigenvalue weighted by atomic mass is 127. The van der Waals surface area contributed by atoms with E-state index in [1.54, 1.807) is 18.2 Å². The normalized spacial score (nSPS) is 10.2. The van der Waals surface area contributed by atoms with E-state index < -0.39 is 11.9 Å². The second-order valence-electron chi connectivity index (χ2n) is 3.42. The molecule has 0 atom stereocenters. The Morgan fingerprint density at radius 2 is 2.11 bits per heavy atom. The van der Waals surface area contributed by atoms with Crippen molar-refractivity contribution in [1.29, 1.82) is 0 Å². The van der Waals surface area contributed by atoms with Gasteiger partial charge in [0.25, 0.3) is 5.91 Å². The second-order valence-corrected chi connectivity index (χ2v) is 5.08. The number of aromatic nitrogens is 1. The van der Waals surface area contributed by atoms with Crippen LogP contribution in [0, 0.1) is 9.52 Å². The number of carbonyl (C=O) groups is 1. The molecule has 0 aliphatic heterocycles. The Balaban J connectivity index is 2.21. The molecule has 0 bridgehead atoms. The number of nitrogens with zero attached hydrogens (tertiary/aromatic N) is 1. The summed E-state index contributed by atoms with van der Waals surface area (Å²) >= 11 is 8.09. The van der Waals surface area contributed by atoms with Crippen molar-refractivity contribution in [3.63, 3.8) is 0 Å². The molecule has 1 amide bonds. The van der Waals surface area contributed by atoms with E-state index >= 15 is 0 Å². The predicted molar refractivity (Wildman–Crippen MR) is 76.3 cm³/mol. The van der Waals surface area contributed by atoms with Gasteiger partial charge in [0.2, 0.25) is 5.95 Å². The zero-order chi connectivity index (χ0) is 13.1. The first-order valence-electron chi connectivity index (χ1n) is 4.95. The fraction of sp³-hybridized carbons (Fsp3) is 0. The summed E-state index contributed by atoms with van der Waals surface area (Å²) in [5, 5.41) is 3.00. The van der Waals surface area contributed by atoms with Crippen molar-refractivity contribution >= 4 is 45.8 Å². The van der Waals surface area contributed by atoms with Gasteiger partial charge in [-0.3, -0.25) is 4.79 Å². The van der Waals surface area contributed by atoms with Crippen molar-refractivity contribution in [2.45, 2.75) is 0 Å². The van der Waals surface area contributed by atoms with Crippen LogP contribution in [-0.2, 0) is 0 Å². The third-order valence-corrected chi connectivity index (χ3v) is 3.11. The molecular formula is C12H7ClFIN2O. The maximum Gasteiger partial charge on any atom is 0.274 e. The highest BCUT2D eigenvalue weighted by Gasteiger charge is 2.10. The number of halogens is 3. The Labute approximate surface area is 122 Å². The summed E-state index contributed by atoms with van der Waals surface area (Å²) in [7, 11) is 0. The Morgan fingerprint density at radius 1 is 1.33 bits per heavy atom. The molecule has 0 aliphatic carbocycles. The molecule has 1 N–H and O–H groups in total. The first kappa shape index (κ1) is 13.2. The molecule has 1 aromatic heterocycles. The minimum Gasteiger partial charge on any atom is -0.319 e. The van der Waals surface area contributed by atoms with Crippen LogP contribution in [0.4, 0.5) is 10.1 Å². The summed E-state index contributed by atoms with van der Waals surface area (Å²) < 4.78 is 13.8. The highest BCUT2D eigenvalue weighted by Crippen LogP contribution is 2.24. The Morgan fingerprint density at radius 3 is 2.78 bits per heavy atom. The predicted octanol–water partition coefficient (Wildman–Crippen LogP) is 3.73. The Hall–Kier alpha value is -1.21. The minimum absolute atomic E-state index is 0.00427. The number of pyridine rings is 1. The topological polar surface area (TPSA) is 42.0 Å². The lowest BCUT2D eigenvalue weighted by molar-refractivity contribution is 0.102. The van der Waals surface area contributed by atoms with Crippen molar-refractivity contribution in [3.8, 4) is 0 Å². The van der Waals surface area contributed by atoms with Gasteiger partial charge in [0.15, 0.2) is 0 Å². The number of nitrogens with one attached hydrogen (secondary N) is 1. The molecule has 0 unspecified atom stereocenters. The van der Waals surface area contributed by atoms with Crippen LogP contribution in [0.25, 0.3) is 0 Å². The summed E-state index contributed by atoms with van der Waals surface area (Å²) in [5.41, 5.74) is 0.470. The molecular weight excluding hydrogens is 370 g/mol. The lowest BCUT2D eigenvalue weighted by Gasteiger charge is -2.07. The molecule has 18 heavy (non-hydrogen) atoms. The van der Waals surface area contributed by atoms with Crippen molar-refractivity contribution in [3.05, 3.63) is 56.6 Å². The SMILES string of the molecule is O=C(Nc1ccc(I)cc1Cl)c1cccc(F)n1. The average Bonchev–Trinajstić information content (AvgIpc) is 2.32. The van der Waals surface area contributed by atoms with Crippen molar-refractivity contribution in [2.75, 3.05) is 5.32 Å². The molecule has 2 aromatic rings. The van der Waals surface area contributed by atoms with Gasteiger partial charge in [-0.25, -0.2) is 4.98 Å². The standard InChI is InChI=1S/C12H7ClFIN2O/c13-8-6-7(15)4-5-9(8)17-12(18)10-2-1-3-11(14)16-10/h1-6H,(H,17,18). The second kappa shape index (κ2) is 5.62. The van der Waals surface area contributed by atoms with Crippen molar-refractivity contribution < 1.29 is 9.18 Å². The number of benzene rings is 1. The summed E-state index contributed by atoms with van der Waals surface area (Å²) in [4.78, 5) is 15.3. The molecule has 3 nitrogen and oxygen atoms in total. The summed E-state index contributed by atoms with van der Waals surface area (Å²) in [6, 6.07) is 9.24. The number of amides is 1. The monoisotopic (exact) mass is 376 g/mol. The van der Waals surface area contributed by atoms with E-state index in [-0.39, 0.29) is 5.69 Å². The number of hydrogen-bond acceptors (Lipinski definition) is 2. The van der Waals surface area contributed by atoms with Crippen molar-refractivity contribution in [1.82, 2.24) is 4.98 Å². The van der Waals surface area contributed by atoms with Gasteiger partial charge in [-0.15, -0.1) is 0 Å². The quantitative estimate of drug-likeness (QED) is 0.641. The number of carbonyl (C=O) groups excluding carboxylic acids is 1. The molecule has 0 radical (unpaired) electrons. The van der Waals surface area contributed by atoms with E-state index in [4.69, 9.17) is 11.6 Å². The van der Waals surface area contributed by atoms with E-state index in [9.17, 15) is 9.18 Å². The van der Waals surface area contributed by atoms with Gasteiger partial charge in [0, 0.05) is 3.57 Å². The van der Waals surface area contributed by atoms with Gasteiger partial charge >= 0.3 is 0 Å². The maximum absolute atomic E-state index is 12.9. The zero-order valence-corrected chi connectivity index (χ0v) is 11.9. The van der Waals surface area contributed by atoms with Crippen LogP contribution in [0.5, 0.6) is 0 Å². The van der Waals surface area contributed by atoms with E-state index in [1.807, 2.05) is 0 Å². The van der Waals surface area contributed by atoms with Gasteiger partial charge in [0.1, 0.15) is 5.69 Å². The van der Waals surface area contributed by atoms with E-state index in [1.165, 1.54) is 18.2 Å². The minimum atomic E-state index is -0.698. The zero-order valence-electron chi connectivity index (χ0n) is 8.95. The molecule has 6 heteroatoms. The molecule has 2 rings (SSSR count). The first-order valence-corrected chi connectivity index (χ1v) is 6.41. The van der Waals surface area contributed by atoms with Gasteiger partial charge in [-0.05, 0) is 52.9 Å². The summed E-state index contributed by atoms with van der Waals surface area (Å²) in [6.07, 6.45) is 0. The van der Waals surface area contributed by atoms with Gasteiger partial charge in [-0.2, -0.15) is 4.39 Å². The van der Waals surface area contributed by atoms with Crippen LogP contribution in [0.15, 0.2) is 36.4 Å². The summed E-state index contributed by atoms with van der Waals surface area (Å²) in [6.45, 7) is 0. The molecule has 0 spiro atoms. The van der Waals surface area contributed by atoms with Crippen LogP contribution < -0.4 is 5.32 Å². The van der Waals surface area contributed by atoms with Gasteiger partial charge in [0.05, 0.1) is 10.7 Å². The fourth-order valence-electron chi connectivity index (χ4n) is 1.31. The molecule has 92 valence electrons. The number of anilines is 1. The lowest BCUT2D eigenvalue weighted by atomic mass is 10.3. The molecule has 1 heterocycles. The van der Waals surface area contributed by atoms with Gasteiger partial charge in [-0.1, -0.05) is 17.7 Å². The van der Waals surface area contributed by atoms with Gasteiger partial charge < -0.3 is 5.32 Å². The summed E-state index contributed by atoms with van der Waals surface area (Å²) in [5.74, 6) is -1.20. The van der Waals surface area contributed by atoms with Crippen LogP contribution in [0.2, 0.25) is 5.02 Å². The molecule has 0 fully saturated rings. The van der Waals surface area contributed by atoms with E-state index in [0.717, 1.165) is 3.57 Å².